The second-order valence-electron chi connectivity index (χ2n) is 5.59. The van der Waals surface area contributed by atoms with Crippen LogP contribution in [0.2, 0.25) is 0 Å². The van der Waals surface area contributed by atoms with Crippen LogP contribution < -0.4 is 5.32 Å². The molecule has 108 valence electrons. The maximum absolute atomic E-state index is 13.2. The molecule has 6 heteroatoms. The van der Waals surface area contributed by atoms with E-state index in [4.69, 9.17) is 0 Å². The number of aromatic nitrogens is 1. The van der Waals surface area contributed by atoms with E-state index in [-0.39, 0.29) is 18.2 Å². The number of fused-ring (bicyclic) bond motifs is 2. The number of hydrogen-bond acceptors (Lipinski definition) is 4. The van der Waals surface area contributed by atoms with Gasteiger partial charge >= 0.3 is 0 Å². The number of halogens is 2. The lowest BCUT2D eigenvalue weighted by Crippen LogP contribution is -2.25. The first-order chi connectivity index (χ1) is 9.28. The van der Waals surface area contributed by atoms with E-state index in [1.54, 1.807) is 23.5 Å². The fourth-order valence-corrected chi connectivity index (χ4v) is 4.32. The van der Waals surface area contributed by atoms with Gasteiger partial charge in [-0.2, -0.15) is 0 Å². The van der Waals surface area contributed by atoms with Crippen molar-refractivity contribution in [1.82, 2.24) is 15.2 Å². The Hall–Kier alpha value is -0.750. The van der Waals surface area contributed by atoms with E-state index >= 15 is 0 Å². The summed E-state index contributed by atoms with van der Waals surface area (Å²) >= 11 is 1.62. The Balaban J connectivity index is 0.00000121. The van der Waals surface area contributed by atoms with Gasteiger partial charge in [-0.3, -0.25) is 4.90 Å². The standard InChI is InChI=1S/C14H16FN3S.ClH/c15-11-1-2-12-13(3-11)19-14(17-12)8-18-6-9-4-16-5-10(9)7-18;/h1-3,9-10,16H,4-8H2;1H/t9-,10+;. The Kier molecular flexibility index (Phi) is 3.95. The van der Waals surface area contributed by atoms with Crippen molar-refractivity contribution < 1.29 is 4.39 Å². The number of rotatable bonds is 2. The Bertz CT molecular complexity index is 605. The molecule has 2 aromatic rings. The molecule has 2 fully saturated rings. The zero-order chi connectivity index (χ0) is 12.8. The summed E-state index contributed by atoms with van der Waals surface area (Å²) in [5.41, 5.74) is 0.919. The van der Waals surface area contributed by atoms with Crippen LogP contribution >= 0.6 is 23.7 Å². The van der Waals surface area contributed by atoms with Gasteiger partial charge in [0.05, 0.1) is 16.8 Å². The molecule has 2 aliphatic rings. The largest absolute Gasteiger partial charge is 0.316 e. The highest BCUT2D eigenvalue weighted by Crippen LogP contribution is 2.29. The van der Waals surface area contributed by atoms with E-state index in [1.165, 1.54) is 19.2 Å². The van der Waals surface area contributed by atoms with E-state index < -0.39 is 0 Å². The van der Waals surface area contributed by atoms with Crippen molar-refractivity contribution in [1.29, 1.82) is 0 Å². The Morgan fingerprint density at radius 2 is 2.05 bits per heavy atom. The van der Waals surface area contributed by atoms with Crippen LogP contribution in [0.1, 0.15) is 5.01 Å². The minimum atomic E-state index is -0.176. The second-order valence-corrected chi connectivity index (χ2v) is 6.71. The maximum Gasteiger partial charge on any atom is 0.124 e. The molecule has 2 saturated heterocycles. The second kappa shape index (κ2) is 5.56. The molecule has 0 bridgehead atoms. The van der Waals surface area contributed by atoms with Gasteiger partial charge in [0, 0.05) is 13.1 Å². The third kappa shape index (κ3) is 2.55. The monoisotopic (exact) mass is 313 g/mol. The Labute approximate surface area is 127 Å². The fraction of sp³-hybridized carbons (Fsp3) is 0.500. The van der Waals surface area contributed by atoms with E-state index in [0.717, 1.165) is 46.7 Å². The molecule has 1 aromatic carbocycles. The van der Waals surface area contributed by atoms with Crippen molar-refractivity contribution in [2.24, 2.45) is 11.8 Å². The van der Waals surface area contributed by atoms with Crippen molar-refractivity contribution in [3.8, 4) is 0 Å². The minimum Gasteiger partial charge on any atom is -0.316 e. The number of nitrogens with one attached hydrogen (secondary N) is 1. The molecule has 0 radical (unpaired) electrons. The predicted molar refractivity (Wildman–Crippen MR) is 82.0 cm³/mol. The van der Waals surface area contributed by atoms with Crippen LogP contribution in [0.15, 0.2) is 18.2 Å². The van der Waals surface area contributed by atoms with Gasteiger partial charge in [0.2, 0.25) is 0 Å². The molecule has 3 nitrogen and oxygen atoms in total. The van der Waals surface area contributed by atoms with Gasteiger partial charge in [-0.25, -0.2) is 9.37 Å². The summed E-state index contributed by atoms with van der Waals surface area (Å²) < 4.78 is 14.1. The lowest BCUT2D eigenvalue weighted by atomic mass is 10.0. The molecule has 2 aliphatic heterocycles. The first kappa shape index (κ1) is 14.2. The first-order valence-electron chi connectivity index (χ1n) is 6.76. The van der Waals surface area contributed by atoms with E-state index in [1.807, 2.05) is 0 Å². The van der Waals surface area contributed by atoms with Crippen LogP contribution in [0, 0.1) is 17.7 Å². The number of hydrogen-bond donors (Lipinski definition) is 1. The summed E-state index contributed by atoms with van der Waals surface area (Å²) in [6.07, 6.45) is 0. The number of thiazole rings is 1. The topological polar surface area (TPSA) is 28.2 Å². The average molecular weight is 314 g/mol. The molecule has 3 heterocycles. The molecule has 20 heavy (non-hydrogen) atoms. The van der Waals surface area contributed by atoms with Crippen molar-refractivity contribution in [3.63, 3.8) is 0 Å². The van der Waals surface area contributed by atoms with Gasteiger partial charge in [-0.15, -0.1) is 23.7 Å². The summed E-state index contributed by atoms with van der Waals surface area (Å²) in [7, 11) is 0. The third-order valence-electron chi connectivity index (χ3n) is 4.22. The van der Waals surface area contributed by atoms with Crippen LogP contribution in [0.4, 0.5) is 4.39 Å². The SMILES string of the molecule is Cl.Fc1ccc2nc(CN3C[C@H]4CNC[C@H]4C3)sc2c1. The molecule has 1 aromatic heterocycles. The third-order valence-corrected chi connectivity index (χ3v) is 5.22. The van der Waals surface area contributed by atoms with Gasteiger partial charge < -0.3 is 5.32 Å². The summed E-state index contributed by atoms with van der Waals surface area (Å²) in [6, 6.07) is 4.84. The van der Waals surface area contributed by atoms with Gasteiger partial charge in [0.15, 0.2) is 0 Å². The van der Waals surface area contributed by atoms with Crippen molar-refractivity contribution in [3.05, 3.63) is 29.0 Å². The maximum atomic E-state index is 13.2. The normalized spacial score (nSPS) is 25.9. The molecule has 4 rings (SSSR count). The lowest BCUT2D eigenvalue weighted by Gasteiger charge is -2.14. The predicted octanol–water partition coefficient (Wildman–Crippen LogP) is 2.51. The fourth-order valence-electron chi connectivity index (χ4n) is 3.29. The molecular formula is C14H17ClFN3S. The Morgan fingerprint density at radius 1 is 1.30 bits per heavy atom. The molecule has 1 N–H and O–H groups in total. The zero-order valence-electron chi connectivity index (χ0n) is 11.0. The smallest absolute Gasteiger partial charge is 0.124 e. The van der Waals surface area contributed by atoms with E-state index in [9.17, 15) is 4.39 Å². The minimum absolute atomic E-state index is 0. The number of benzene rings is 1. The lowest BCUT2D eigenvalue weighted by molar-refractivity contribution is 0.305. The molecule has 0 unspecified atom stereocenters. The summed E-state index contributed by atoms with van der Waals surface area (Å²) in [4.78, 5) is 7.10. The number of likely N-dealkylation sites (tertiary alicyclic amines) is 1. The van der Waals surface area contributed by atoms with Crippen LogP contribution in [-0.2, 0) is 6.54 Å². The summed E-state index contributed by atoms with van der Waals surface area (Å²) in [6.45, 7) is 5.57. The highest BCUT2D eigenvalue weighted by molar-refractivity contribution is 7.18. The van der Waals surface area contributed by atoms with Crippen LogP contribution in [0.5, 0.6) is 0 Å². The zero-order valence-corrected chi connectivity index (χ0v) is 12.6. The molecule has 0 aliphatic carbocycles. The molecule has 0 amide bonds. The molecular weight excluding hydrogens is 297 g/mol. The van der Waals surface area contributed by atoms with Crippen LogP contribution in [0.3, 0.4) is 0 Å². The number of nitrogens with zero attached hydrogens (tertiary/aromatic N) is 2. The Morgan fingerprint density at radius 3 is 2.80 bits per heavy atom. The van der Waals surface area contributed by atoms with Crippen LogP contribution in [-0.4, -0.2) is 36.1 Å². The molecule has 2 atom stereocenters. The first-order valence-corrected chi connectivity index (χ1v) is 7.57. The highest BCUT2D eigenvalue weighted by atomic mass is 35.5. The van der Waals surface area contributed by atoms with Gasteiger partial charge in [-0.1, -0.05) is 0 Å². The molecule has 0 saturated carbocycles. The summed E-state index contributed by atoms with van der Waals surface area (Å²) in [5.74, 6) is 1.45. The van der Waals surface area contributed by atoms with Crippen LogP contribution in [0.25, 0.3) is 10.2 Å². The summed E-state index contributed by atoms with van der Waals surface area (Å²) in [5, 5.41) is 4.56. The van der Waals surface area contributed by atoms with E-state index in [2.05, 4.69) is 15.2 Å². The van der Waals surface area contributed by atoms with Crippen molar-refractivity contribution in [2.45, 2.75) is 6.54 Å². The van der Waals surface area contributed by atoms with Gasteiger partial charge in [0.25, 0.3) is 0 Å². The van der Waals surface area contributed by atoms with Crippen molar-refractivity contribution >= 4 is 34.0 Å². The quantitative estimate of drug-likeness (QED) is 0.923. The van der Waals surface area contributed by atoms with Crippen molar-refractivity contribution in [2.75, 3.05) is 26.2 Å². The average Bonchev–Trinajstić information content (AvgIpc) is 3.01. The van der Waals surface area contributed by atoms with E-state index in [0.29, 0.717) is 0 Å². The van der Waals surface area contributed by atoms with Gasteiger partial charge in [0.1, 0.15) is 10.8 Å². The van der Waals surface area contributed by atoms with Gasteiger partial charge in [-0.05, 0) is 43.1 Å². The highest BCUT2D eigenvalue weighted by Gasteiger charge is 2.36. The molecule has 0 spiro atoms.